The monoisotopic (exact) mass is 852 g/mol. The summed E-state index contributed by atoms with van der Waals surface area (Å²) in [6.07, 6.45) is 4.63. The topological polar surface area (TPSA) is 133 Å². The molecular formula is C18H24Cl2Hg2N3O6-2. The van der Waals surface area contributed by atoms with Crippen molar-refractivity contribution in [3.05, 3.63) is 40.7 Å². The molecule has 167 valence electrons. The first-order valence-corrected chi connectivity index (χ1v) is 23.1. The van der Waals surface area contributed by atoms with Crippen molar-refractivity contribution in [2.24, 2.45) is 5.92 Å². The van der Waals surface area contributed by atoms with Crippen molar-refractivity contribution in [2.75, 3.05) is 32.8 Å². The van der Waals surface area contributed by atoms with Crippen LogP contribution in [0.5, 0.6) is 0 Å². The zero-order valence-electron chi connectivity index (χ0n) is 17.2. The minimum absolute atomic E-state index is 0. The number of ether oxygens (including phenoxy) is 4. The maximum atomic E-state index is 12.3. The molecule has 0 bridgehead atoms. The summed E-state index contributed by atoms with van der Waals surface area (Å²) in [5.74, 6) is -0.725. The van der Waals surface area contributed by atoms with Crippen molar-refractivity contribution in [2.45, 2.75) is 37.3 Å². The van der Waals surface area contributed by atoms with E-state index in [1.807, 2.05) is 0 Å². The van der Waals surface area contributed by atoms with Gasteiger partial charge in [-0.25, -0.2) is 4.79 Å². The van der Waals surface area contributed by atoms with Gasteiger partial charge < -0.3 is 35.7 Å². The largest absolute Gasteiger partial charge is 1.00 e. The summed E-state index contributed by atoms with van der Waals surface area (Å²) < 4.78 is 22.6. The Labute approximate surface area is 221 Å². The maximum Gasteiger partial charge on any atom is 1.00 e. The zero-order valence-corrected chi connectivity index (χ0v) is 29.7. The summed E-state index contributed by atoms with van der Waals surface area (Å²) in [5, 5.41) is 8.25. The summed E-state index contributed by atoms with van der Waals surface area (Å²) in [6.45, 7) is 2.38. The number of fused-ring (bicyclic) bond motifs is 1. The second kappa shape index (κ2) is 15.4. The van der Waals surface area contributed by atoms with Gasteiger partial charge in [0.25, 0.3) is 0 Å². The molecule has 0 amide bonds. The molecule has 0 aromatic rings. The zero-order chi connectivity index (χ0) is 20.6. The predicted octanol–water partition coefficient (Wildman–Crippen LogP) is 3.31. The van der Waals surface area contributed by atoms with E-state index >= 15 is 0 Å². The number of carbonyl (C=O) groups is 2. The Kier molecular flexibility index (Phi) is 14.7. The quantitative estimate of drug-likeness (QED) is 0.315. The first-order chi connectivity index (χ1) is 14.1. The Bertz CT molecular complexity index is 652. The molecule has 13 heteroatoms. The molecule has 0 aromatic heterocycles. The van der Waals surface area contributed by atoms with Gasteiger partial charge >= 0.3 is 78.2 Å². The Balaban J connectivity index is 0.000000910. The predicted molar refractivity (Wildman–Crippen MR) is 107 cm³/mol. The third kappa shape index (κ3) is 8.35. The van der Waals surface area contributed by atoms with Gasteiger partial charge in [0.1, 0.15) is 12.2 Å². The summed E-state index contributed by atoms with van der Waals surface area (Å²) in [7, 11) is 9.97. The van der Waals surface area contributed by atoms with Crippen LogP contribution in [0.25, 0.3) is 16.8 Å². The van der Waals surface area contributed by atoms with Crippen molar-refractivity contribution < 1.29 is 78.3 Å². The number of hydrogen-bond acceptors (Lipinski definition) is 6. The molecule has 31 heavy (non-hydrogen) atoms. The van der Waals surface area contributed by atoms with E-state index in [1.165, 1.54) is 0 Å². The average Bonchev–Trinajstić information content (AvgIpc) is 3.33. The van der Waals surface area contributed by atoms with Crippen LogP contribution in [0, 0.1) is 5.92 Å². The smallest absolute Gasteiger partial charge is 0.693 e. The van der Waals surface area contributed by atoms with Crippen LogP contribution in [0.1, 0.15) is 12.8 Å². The molecule has 9 nitrogen and oxygen atoms in total. The number of halogens is 2. The van der Waals surface area contributed by atoms with Crippen molar-refractivity contribution >= 4 is 28.4 Å². The van der Waals surface area contributed by atoms with E-state index in [-0.39, 0.29) is 58.9 Å². The van der Waals surface area contributed by atoms with Crippen LogP contribution in [-0.4, -0.2) is 69.2 Å². The number of carbonyl (C=O) groups excluding carboxylic acids is 2. The molecule has 4 aliphatic heterocycles. The van der Waals surface area contributed by atoms with E-state index in [1.54, 1.807) is 18.4 Å². The molecule has 4 unspecified atom stereocenters. The van der Waals surface area contributed by atoms with Gasteiger partial charge in [-0.3, -0.25) is 4.79 Å². The first kappa shape index (κ1) is 29.5. The standard InChI is InChI=1S/C18H22N2O6.2ClH.2Hg.H2N/c21-17(11-1-5-19-6-2-11)25-13-9-23-16-14(10-24-15(13)16)26-18(22)12-3-7-20-8-4-12;;;;;/h1-2,5,12-16H,3-4,6-10H2;2*1H;;;1H2/q-2;;;+1;+2;-1/p-2. The Hall–Kier alpha value is 0.510. The molecular weight excluding hydrogens is 826 g/mol. The fourth-order valence-electron chi connectivity index (χ4n) is 3.63. The minimum Gasteiger partial charge on any atom is -0.693 e. The SMILES string of the molecule is O=C(OC1COC2C(OC(=O)C3CC[N-]CC3)COC12)C1=CC[N-]C=C1.[Cl][Hg][Cl].[Hg+].[NH2-]. The number of esters is 2. The molecule has 0 saturated carbocycles. The third-order valence-electron chi connectivity index (χ3n) is 5.10. The van der Waals surface area contributed by atoms with E-state index in [2.05, 4.69) is 10.6 Å². The number of nitrogens with zero attached hydrogens (tertiary/aromatic N) is 2. The summed E-state index contributed by atoms with van der Waals surface area (Å²) in [5.41, 5.74) is 0.479. The summed E-state index contributed by atoms with van der Waals surface area (Å²) >= 11 is -1.14. The first-order valence-electron chi connectivity index (χ1n) is 9.57. The van der Waals surface area contributed by atoms with Gasteiger partial charge in [-0.1, -0.05) is 25.0 Å². The fraction of sp³-hybridized carbons (Fsp3) is 0.667. The van der Waals surface area contributed by atoms with Gasteiger partial charge in [-0.15, -0.1) is 19.6 Å². The van der Waals surface area contributed by atoms with Crippen LogP contribution < -0.4 is 0 Å². The molecule has 2 N–H and O–H groups in total. The van der Waals surface area contributed by atoms with Crippen molar-refractivity contribution in [1.29, 1.82) is 0 Å². The summed E-state index contributed by atoms with van der Waals surface area (Å²) in [4.78, 5) is 24.5. The van der Waals surface area contributed by atoms with Crippen molar-refractivity contribution in [3.63, 3.8) is 0 Å². The molecule has 1 radical (unpaired) electrons. The van der Waals surface area contributed by atoms with E-state index in [9.17, 15) is 9.59 Å². The van der Waals surface area contributed by atoms with Gasteiger partial charge in [0.2, 0.25) is 0 Å². The molecule has 4 atom stereocenters. The van der Waals surface area contributed by atoms with E-state index in [4.69, 9.17) is 35.4 Å². The number of nitrogens with two attached hydrogens (primary N) is 1. The molecule has 4 heterocycles. The van der Waals surface area contributed by atoms with Crippen LogP contribution in [0.4, 0.5) is 0 Å². The van der Waals surface area contributed by atoms with Crippen molar-refractivity contribution in [3.8, 4) is 0 Å². The second-order valence-corrected chi connectivity index (χ2v) is 14.8. The van der Waals surface area contributed by atoms with Crippen LogP contribution >= 0.6 is 16.5 Å². The molecule has 0 aliphatic carbocycles. The third-order valence-corrected chi connectivity index (χ3v) is 5.10. The number of piperidine rings is 1. The van der Waals surface area contributed by atoms with Crippen molar-refractivity contribution in [1.82, 2.24) is 0 Å². The Morgan fingerprint density at radius 2 is 1.65 bits per heavy atom. The normalized spacial score (nSPS) is 28.8. The molecule has 3 saturated heterocycles. The molecule has 3 fully saturated rings. The van der Waals surface area contributed by atoms with E-state index in [0.29, 0.717) is 25.2 Å². The maximum absolute atomic E-state index is 12.3. The Morgan fingerprint density at radius 1 is 1.06 bits per heavy atom. The molecule has 0 aromatic carbocycles. The fourth-order valence-corrected chi connectivity index (χ4v) is 3.63. The molecule has 4 aliphatic rings. The molecule has 4 rings (SSSR count). The van der Waals surface area contributed by atoms with E-state index in [0.717, 1.165) is 12.8 Å². The number of hydrogen-bond donors (Lipinski definition) is 0. The van der Waals surface area contributed by atoms with Gasteiger partial charge in [-0.05, 0) is 0 Å². The van der Waals surface area contributed by atoms with Crippen LogP contribution in [-0.2, 0) is 78.3 Å². The summed E-state index contributed by atoms with van der Waals surface area (Å²) in [6, 6.07) is 0. The van der Waals surface area contributed by atoms with E-state index < -0.39 is 52.5 Å². The van der Waals surface area contributed by atoms with Gasteiger partial charge in [0, 0.05) is 0 Å². The average molecular weight is 850 g/mol. The van der Waals surface area contributed by atoms with Gasteiger partial charge in [-0.2, -0.15) is 6.20 Å². The van der Waals surface area contributed by atoms with Crippen LogP contribution in [0.15, 0.2) is 23.9 Å². The second-order valence-electron chi connectivity index (χ2n) is 6.90. The Morgan fingerprint density at radius 3 is 2.19 bits per heavy atom. The van der Waals surface area contributed by atoms with Crippen LogP contribution in [0.3, 0.4) is 0 Å². The number of rotatable bonds is 4. The van der Waals surface area contributed by atoms with Crippen LogP contribution in [0.2, 0.25) is 0 Å². The van der Waals surface area contributed by atoms with Gasteiger partial charge in [0.05, 0.1) is 24.7 Å². The molecule has 0 spiro atoms. The van der Waals surface area contributed by atoms with Gasteiger partial charge in [0.15, 0.2) is 12.2 Å². The minimum atomic E-state index is -1.14.